The van der Waals surface area contributed by atoms with Crippen LogP contribution in [0.5, 0.6) is 0 Å². The fourth-order valence-corrected chi connectivity index (χ4v) is 1.11. The SMILES string of the molecule is COCCOC(=O)c1cc(F)ccc1C. The van der Waals surface area contributed by atoms with E-state index in [9.17, 15) is 9.18 Å². The molecule has 0 aliphatic rings. The summed E-state index contributed by atoms with van der Waals surface area (Å²) in [5.74, 6) is -0.969. The molecule has 15 heavy (non-hydrogen) atoms. The molecule has 0 aromatic heterocycles. The van der Waals surface area contributed by atoms with Crippen molar-refractivity contribution < 1.29 is 18.7 Å². The van der Waals surface area contributed by atoms with Crippen molar-refractivity contribution >= 4 is 5.97 Å². The van der Waals surface area contributed by atoms with Crippen molar-refractivity contribution in [2.75, 3.05) is 20.3 Å². The van der Waals surface area contributed by atoms with Crippen LogP contribution in [0.4, 0.5) is 4.39 Å². The number of hydrogen-bond donors (Lipinski definition) is 0. The summed E-state index contributed by atoms with van der Waals surface area (Å²) in [5, 5.41) is 0. The molecule has 4 heteroatoms. The van der Waals surface area contributed by atoms with Gasteiger partial charge in [-0.25, -0.2) is 9.18 Å². The fourth-order valence-electron chi connectivity index (χ4n) is 1.11. The number of aryl methyl sites for hydroxylation is 1. The standard InChI is InChI=1S/C11H13FO3/c1-8-3-4-9(12)7-10(8)11(13)15-6-5-14-2/h3-4,7H,5-6H2,1-2H3. The Bertz CT molecular complexity index is 350. The summed E-state index contributed by atoms with van der Waals surface area (Å²) >= 11 is 0. The number of rotatable bonds is 4. The molecule has 0 N–H and O–H groups in total. The van der Waals surface area contributed by atoms with E-state index < -0.39 is 11.8 Å². The molecule has 0 fully saturated rings. The summed E-state index contributed by atoms with van der Waals surface area (Å²) in [6.45, 7) is 2.23. The van der Waals surface area contributed by atoms with E-state index in [2.05, 4.69) is 0 Å². The Morgan fingerprint density at radius 2 is 2.13 bits per heavy atom. The maximum Gasteiger partial charge on any atom is 0.338 e. The molecule has 82 valence electrons. The maximum absolute atomic E-state index is 12.9. The van der Waals surface area contributed by atoms with Crippen LogP contribution in [0.1, 0.15) is 15.9 Å². The Morgan fingerprint density at radius 1 is 1.40 bits per heavy atom. The second kappa shape index (κ2) is 5.46. The lowest BCUT2D eigenvalue weighted by molar-refractivity contribution is 0.0387. The minimum absolute atomic E-state index is 0.172. The maximum atomic E-state index is 12.9. The zero-order valence-corrected chi connectivity index (χ0v) is 8.75. The highest BCUT2D eigenvalue weighted by atomic mass is 19.1. The van der Waals surface area contributed by atoms with Crippen LogP contribution < -0.4 is 0 Å². The van der Waals surface area contributed by atoms with Crippen LogP contribution >= 0.6 is 0 Å². The average Bonchev–Trinajstić information content (AvgIpc) is 2.22. The van der Waals surface area contributed by atoms with Gasteiger partial charge in [-0.15, -0.1) is 0 Å². The minimum atomic E-state index is -0.524. The molecule has 0 atom stereocenters. The van der Waals surface area contributed by atoms with Gasteiger partial charge in [0.05, 0.1) is 12.2 Å². The predicted molar refractivity (Wildman–Crippen MR) is 53.3 cm³/mol. The van der Waals surface area contributed by atoms with Crippen molar-refractivity contribution in [3.05, 3.63) is 35.1 Å². The number of ether oxygens (including phenoxy) is 2. The molecule has 1 aromatic rings. The Hall–Kier alpha value is -1.42. The van der Waals surface area contributed by atoms with Crippen LogP contribution in [0.25, 0.3) is 0 Å². The molecular formula is C11H13FO3. The summed E-state index contributed by atoms with van der Waals surface area (Å²) in [5.41, 5.74) is 0.949. The summed E-state index contributed by atoms with van der Waals surface area (Å²) in [7, 11) is 1.52. The molecule has 0 saturated carbocycles. The van der Waals surface area contributed by atoms with E-state index in [4.69, 9.17) is 9.47 Å². The number of hydrogen-bond acceptors (Lipinski definition) is 3. The quantitative estimate of drug-likeness (QED) is 0.565. The largest absolute Gasteiger partial charge is 0.460 e. The van der Waals surface area contributed by atoms with Crippen molar-refractivity contribution in [2.24, 2.45) is 0 Å². The third kappa shape index (κ3) is 3.32. The molecule has 3 nitrogen and oxygen atoms in total. The Kier molecular flexibility index (Phi) is 4.24. The van der Waals surface area contributed by atoms with Crippen molar-refractivity contribution in [2.45, 2.75) is 6.92 Å². The predicted octanol–water partition coefficient (Wildman–Crippen LogP) is 1.94. The zero-order chi connectivity index (χ0) is 11.3. The molecule has 0 radical (unpaired) electrons. The number of esters is 1. The van der Waals surface area contributed by atoms with E-state index in [1.54, 1.807) is 13.0 Å². The number of benzene rings is 1. The van der Waals surface area contributed by atoms with Gasteiger partial charge in [-0.2, -0.15) is 0 Å². The Balaban J connectivity index is 2.68. The molecule has 0 saturated heterocycles. The molecule has 0 spiro atoms. The van der Waals surface area contributed by atoms with Crippen LogP contribution in [0.3, 0.4) is 0 Å². The normalized spacial score (nSPS) is 10.1. The van der Waals surface area contributed by atoms with Gasteiger partial charge < -0.3 is 9.47 Å². The van der Waals surface area contributed by atoms with Gasteiger partial charge in [0.1, 0.15) is 12.4 Å². The topological polar surface area (TPSA) is 35.5 Å². The summed E-state index contributed by atoms with van der Waals surface area (Å²) in [6.07, 6.45) is 0. The number of carbonyl (C=O) groups excluding carboxylic acids is 1. The summed E-state index contributed by atoms with van der Waals surface area (Å²) < 4.78 is 22.5. The smallest absolute Gasteiger partial charge is 0.338 e. The third-order valence-electron chi connectivity index (χ3n) is 1.94. The van der Waals surface area contributed by atoms with Crippen LogP contribution in [-0.4, -0.2) is 26.3 Å². The molecule has 1 rings (SSSR count). The van der Waals surface area contributed by atoms with Crippen LogP contribution in [-0.2, 0) is 9.47 Å². The third-order valence-corrected chi connectivity index (χ3v) is 1.94. The van der Waals surface area contributed by atoms with Gasteiger partial charge in [0.2, 0.25) is 0 Å². The fraction of sp³-hybridized carbons (Fsp3) is 0.364. The highest BCUT2D eigenvalue weighted by Crippen LogP contribution is 2.11. The van der Waals surface area contributed by atoms with Crippen molar-refractivity contribution in [3.63, 3.8) is 0 Å². The van der Waals surface area contributed by atoms with Crippen LogP contribution in [0, 0.1) is 12.7 Å². The second-order valence-corrected chi connectivity index (χ2v) is 3.09. The molecule has 1 aromatic carbocycles. The molecule has 0 bridgehead atoms. The first-order valence-electron chi connectivity index (χ1n) is 4.57. The van der Waals surface area contributed by atoms with Gasteiger partial charge in [-0.05, 0) is 24.6 Å². The highest BCUT2D eigenvalue weighted by molar-refractivity contribution is 5.90. The lowest BCUT2D eigenvalue weighted by atomic mass is 10.1. The first kappa shape index (κ1) is 11.7. The van der Waals surface area contributed by atoms with Gasteiger partial charge in [0, 0.05) is 7.11 Å². The number of carbonyl (C=O) groups is 1. The lowest BCUT2D eigenvalue weighted by Crippen LogP contribution is -2.11. The van der Waals surface area contributed by atoms with Gasteiger partial charge in [0.25, 0.3) is 0 Å². The average molecular weight is 212 g/mol. The Labute approximate surface area is 87.8 Å². The highest BCUT2D eigenvalue weighted by Gasteiger charge is 2.10. The summed E-state index contributed by atoms with van der Waals surface area (Å²) in [6, 6.07) is 4.02. The summed E-state index contributed by atoms with van der Waals surface area (Å²) in [4.78, 5) is 11.4. The lowest BCUT2D eigenvalue weighted by Gasteiger charge is -2.06. The second-order valence-electron chi connectivity index (χ2n) is 3.09. The minimum Gasteiger partial charge on any atom is -0.460 e. The van der Waals surface area contributed by atoms with Gasteiger partial charge in [-0.1, -0.05) is 6.07 Å². The first-order chi connectivity index (χ1) is 7.15. The van der Waals surface area contributed by atoms with Crippen LogP contribution in [0.2, 0.25) is 0 Å². The first-order valence-corrected chi connectivity index (χ1v) is 4.57. The molecule has 0 heterocycles. The van der Waals surface area contributed by atoms with E-state index in [0.29, 0.717) is 12.2 Å². The van der Waals surface area contributed by atoms with Gasteiger partial charge in [-0.3, -0.25) is 0 Å². The van der Waals surface area contributed by atoms with Crippen molar-refractivity contribution in [1.82, 2.24) is 0 Å². The van der Waals surface area contributed by atoms with Crippen molar-refractivity contribution in [3.8, 4) is 0 Å². The van der Waals surface area contributed by atoms with Crippen LogP contribution in [0.15, 0.2) is 18.2 Å². The monoisotopic (exact) mass is 212 g/mol. The van der Waals surface area contributed by atoms with E-state index in [1.807, 2.05) is 0 Å². The molecule has 0 amide bonds. The molecule has 0 aliphatic carbocycles. The molecule has 0 aliphatic heterocycles. The van der Waals surface area contributed by atoms with E-state index in [0.717, 1.165) is 0 Å². The van der Waals surface area contributed by atoms with Gasteiger partial charge in [0.15, 0.2) is 0 Å². The number of halogens is 1. The molecular weight excluding hydrogens is 199 g/mol. The Morgan fingerprint density at radius 3 is 2.80 bits per heavy atom. The van der Waals surface area contributed by atoms with E-state index in [1.165, 1.54) is 19.2 Å². The van der Waals surface area contributed by atoms with Crippen molar-refractivity contribution in [1.29, 1.82) is 0 Å². The van der Waals surface area contributed by atoms with Gasteiger partial charge >= 0.3 is 5.97 Å². The van der Waals surface area contributed by atoms with E-state index >= 15 is 0 Å². The van der Waals surface area contributed by atoms with E-state index in [-0.39, 0.29) is 12.2 Å². The molecule has 0 unspecified atom stereocenters. The zero-order valence-electron chi connectivity index (χ0n) is 8.75. The number of methoxy groups -OCH3 is 1.